The van der Waals surface area contributed by atoms with Gasteiger partial charge in [0.1, 0.15) is 0 Å². The number of hydrogen-bond acceptors (Lipinski definition) is 2. The van der Waals surface area contributed by atoms with Gasteiger partial charge >= 0.3 is 6.18 Å². The Morgan fingerprint density at radius 1 is 1.04 bits per heavy atom. The van der Waals surface area contributed by atoms with Crippen molar-refractivity contribution in [2.24, 2.45) is 5.92 Å². The summed E-state index contributed by atoms with van der Waals surface area (Å²) in [6.45, 7) is 1.91. The van der Waals surface area contributed by atoms with Gasteiger partial charge in [-0.1, -0.05) is 29.8 Å². The Morgan fingerprint density at radius 2 is 1.70 bits per heavy atom. The molecular weight excluding hydrogens is 357 g/mol. The molecule has 4 nitrogen and oxygen atoms in total. The lowest BCUT2D eigenvalue weighted by Crippen LogP contribution is -2.19. The zero-order chi connectivity index (χ0) is 19.6. The number of carbonyl (C=O) groups excluding carboxylic acids is 2. The number of anilines is 2. The first kappa shape index (κ1) is 18.9. The summed E-state index contributed by atoms with van der Waals surface area (Å²) in [5, 5.41) is 4.81. The molecule has 0 heterocycles. The lowest BCUT2D eigenvalue weighted by Gasteiger charge is -2.16. The number of hydrogen-bond donors (Lipinski definition) is 2. The van der Waals surface area contributed by atoms with E-state index in [1.165, 1.54) is 12.1 Å². The van der Waals surface area contributed by atoms with E-state index < -0.39 is 17.6 Å². The summed E-state index contributed by atoms with van der Waals surface area (Å²) < 4.78 is 40.2. The highest BCUT2D eigenvalue weighted by molar-refractivity contribution is 5.96. The minimum absolute atomic E-state index is 0.0300. The molecule has 2 aromatic rings. The summed E-state index contributed by atoms with van der Waals surface area (Å²) in [5.41, 5.74) is 0.482. The highest BCUT2D eigenvalue weighted by atomic mass is 19.4. The summed E-state index contributed by atoms with van der Waals surface area (Å²) >= 11 is 0. The van der Waals surface area contributed by atoms with Gasteiger partial charge in [-0.2, -0.15) is 13.2 Å². The minimum atomic E-state index is -4.66. The maximum Gasteiger partial charge on any atom is 0.418 e. The standard InChI is InChI=1S/C20H19F3N2O2/c1-12-2-4-13(5-3-12)10-18(26)25-17-9-8-15(11-16(17)20(21,22)23)24-19(27)14-6-7-14/h2-5,8-9,11,14H,6-7,10H2,1H3,(H,24,27)(H,25,26). The number of amides is 2. The number of rotatable bonds is 5. The van der Waals surface area contributed by atoms with E-state index in [1.54, 1.807) is 12.1 Å². The van der Waals surface area contributed by atoms with Gasteiger partial charge in [0.05, 0.1) is 17.7 Å². The average molecular weight is 376 g/mol. The molecule has 2 aromatic carbocycles. The Bertz CT molecular complexity index is 857. The van der Waals surface area contributed by atoms with Crippen LogP contribution < -0.4 is 10.6 Å². The van der Waals surface area contributed by atoms with Crippen molar-refractivity contribution in [1.29, 1.82) is 0 Å². The van der Waals surface area contributed by atoms with Crippen LogP contribution in [-0.4, -0.2) is 11.8 Å². The number of alkyl halides is 3. The molecule has 0 saturated heterocycles. The molecule has 0 radical (unpaired) electrons. The Hall–Kier alpha value is -2.83. The molecule has 1 saturated carbocycles. The van der Waals surface area contributed by atoms with Crippen LogP contribution in [0.5, 0.6) is 0 Å². The minimum Gasteiger partial charge on any atom is -0.326 e. The Balaban J connectivity index is 1.75. The molecule has 0 atom stereocenters. The van der Waals surface area contributed by atoms with Crippen LogP contribution in [0.4, 0.5) is 24.5 Å². The first-order valence-electron chi connectivity index (χ1n) is 8.60. The molecule has 7 heteroatoms. The van der Waals surface area contributed by atoms with Crippen LogP contribution in [0, 0.1) is 12.8 Å². The molecule has 27 heavy (non-hydrogen) atoms. The molecule has 1 fully saturated rings. The number of nitrogens with one attached hydrogen (secondary N) is 2. The maximum atomic E-state index is 13.4. The summed E-state index contributed by atoms with van der Waals surface area (Å²) in [5.74, 6) is -0.938. The van der Waals surface area contributed by atoms with Crippen molar-refractivity contribution in [2.45, 2.75) is 32.4 Å². The molecule has 1 aliphatic carbocycles. The van der Waals surface area contributed by atoms with E-state index in [0.29, 0.717) is 5.56 Å². The van der Waals surface area contributed by atoms with Gasteiger partial charge in [-0.25, -0.2) is 0 Å². The number of halogens is 3. The summed E-state index contributed by atoms with van der Waals surface area (Å²) in [7, 11) is 0. The topological polar surface area (TPSA) is 58.2 Å². The van der Waals surface area contributed by atoms with E-state index in [4.69, 9.17) is 0 Å². The van der Waals surface area contributed by atoms with Crippen LogP contribution in [0.15, 0.2) is 42.5 Å². The molecule has 2 amide bonds. The van der Waals surface area contributed by atoms with E-state index in [0.717, 1.165) is 24.5 Å². The smallest absolute Gasteiger partial charge is 0.326 e. The zero-order valence-corrected chi connectivity index (χ0v) is 14.7. The van der Waals surface area contributed by atoms with Gasteiger partial charge in [0.25, 0.3) is 0 Å². The molecule has 0 aliphatic heterocycles. The fraction of sp³-hybridized carbons (Fsp3) is 0.300. The third-order valence-corrected chi connectivity index (χ3v) is 4.30. The number of carbonyl (C=O) groups is 2. The van der Waals surface area contributed by atoms with Gasteiger partial charge < -0.3 is 10.6 Å². The second kappa shape index (κ2) is 7.42. The van der Waals surface area contributed by atoms with Gasteiger partial charge in [0.2, 0.25) is 11.8 Å². The lowest BCUT2D eigenvalue weighted by molar-refractivity contribution is -0.137. The predicted molar refractivity (Wildman–Crippen MR) is 96.3 cm³/mol. The van der Waals surface area contributed by atoms with E-state index in [-0.39, 0.29) is 29.6 Å². The van der Waals surface area contributed by atoms with Crippen molar-refractivity contribution < 1.29 is 22.8 Å². The molecule has 0 spiro atoms. The predicted octanol–water partition coefficient (Wildman–Crippen LogP) is 4.54. The molecular formula is C20H19F3N2O2. The largest absolute Gasteiger partial charge is 0.418 e. The Labute approximate surface area is 154 Å². The van der Waals surface area contributed by atoms with Crippen LogP contribution in [-0.2, 0) is 22.2 Å². The number of aryl methyl sites for hydroxylation is 1. The fourth-order valence-corrected chi connectivity index (χ4v) is 2.64. The van der Waals surface area contributed by atoms with Crippen molar-refractivity contribution in [2.75, 3.05) is 10.6 Å². The van der Waals surface area contributed by atoms with Gasteiger partial charge in [-0.3, -0.25) is 9.59 Å². The average Bonchev–Trinajstić information content (AvgIpc) is 3.42. The summed E-state index contributed by atoms with van der Waals surface area (Å²) in [6.07, 6.45) is -3.18. The zero-order valence-electron chi connectivity index (χ0n) is 14.7. The van der Waals surface area contributed by atoms with Gasteiger partial charge in [0, 0.05) is 11.6 Å². The lowest BCUT2D eigenvalue weighted by atomic mass is 10.1. The van der Waals surface area contributed by atoms with Gasteiger partial charge in [-0.05, 0) is 43.5 Å². The van der Waals surface area contributed by atoms with Crippen molar-refractivity contribution in [3.63, 3.8) is 0 Å². The first-order valence-corrected chi connectivity index (χ1v) is 8.60. The van der Waals surface area contributed by atoms with Crippen LogP contribution in [0.25, 0.3) is 0 Å². The van der Waals surface area contributed by atoms with E-state index in [1.807, 2.05) is 19.1 Å². The Morgan fingerprint density at radius 3 is 2.30 bits per heavy atom. The van der Waals surface area contributed by atoms with Crippen molar-refractivity contribution in [3.05, 3.63) is 59.2 Å². The molecule has 142 valence electrons. The van der Waals surface area contributed by atoms with Crippen LogP contribution >= 0.6 is 0 Å². The molecule has 2 N–H and O–H groups in total. The second-order valence-corrected chi connectivity index (χ2v) is 6.73. The summed E-state index contributed by atoms with van der Waals surface area (Å²) in [4.78, 5) is 23.9. The van der Waals surface area contributed by atoms with Crippen molar-refractivity contribution in [3.8, 4) is 0 Å². The number of benzene rings is 2. The third-order valence-electron chi connectivity index (χ3n) is 4.30. The van der Waals surface area contributed by atoms with E-state index >= 15 is 0 Å². The SMILES string of the molecule is Cc1ccc(CC(=O)Nc2ccc(NC(=O)C3CC3)cc2C(F)(F)F)cc1. The molecule has 0 bridgehead atoms. The molecule has 0 unspecified atom stereocenters. The molecule has 3 rings (SSSR count). The maximum absolute atomic E-state index is 13.4. The van der Waals surface area contributed by atoms with Gasteiger partial charge in [0.15, 0.2) is 0 Å². The van der Waals surface area contributed by atoms with E-state index in [9.17, 15) is 22.8 Å². The van der Waals surface area contributed by atoms with E-state index in [2.05, 4.69) is 10.6 Å². The van der Waals surface area contributed by atoms with Gasteiger partial charge in [-0.15, -0.1) is 0 Å². The second-order valence-electron chi connectivity index (χ2n) is 6.73. The van der Waals surface area contributed by atoms with Crippen molar-refractivity contribution in [1.82, 2.24) is 0 Å². The molecule has 1 aliphatic rings. The molecule has 0 aromatic heterocycles. The fourth-order valence-electron chi connectivity index (χ4n) is 2.64. The summed E-state index contributed by atoms with van der Waals surface area (Å²) in [6, 6.07) is 10.6. The van der Waals surface area contributed by atoms with Crippen LogP contribution in [0.1, 0.15) is 29.5 Å². The van der Waals surface area contributed by atoms with Crippen LogP contribution in [0.3, 0.4) is 0 Å². The Kier molecular flexibility index (Phi) is 5.21. The van der Waals surface area contributed by atoms with Crippen LogP contribution in [0.2, 0.25) is 0 Å². The highest BCUT2D eigenvalue weighted by Gasteiger charge is 2.35. The monoisotopic (exact) mass is 376 g/mol. The normalized spacial score (nSPS) is 13.9. The quantitative estimate of drug-likeness (QED) is 0.805. The third kappa shape index (κ3) is 5.09. The van der Waals surface area contributed by atoms with Crippen molar-refractivity contribution >= 4 is 23.2 Å². The highest BCUT2D eigenvalue weighted by Crippen LogP contribution is 2.37. The first-order chi connectivity index (χ1) is 12.7.